The molecule has 2 rings (SSSR count). The van der Waals surface area contributed by atoms with E-state index in [0.717, 1.165) is 22.7 Å². The summed E-state index contributed by atoms with van der Waals surface area (Å²) in [7, 11) is 1.96. The van der Waals surface area contributed by atoms with E-state index in [1.807, 2.05) is 37.9 Å². The van der Waals surface area contributed by atoms with Crippen LogP contribution in [0.2, 0.25) is 0 Å². The lowest BCUT2D eigenvalue weighted by Gasteiger charge is -2.17. The van der Waals surface area contributed by atoms with Crippen LogP contribution in [0.3, 0.4) is 0 Å². The van der Waals surface area contributed by atoms with Crippen molar-refractivity contribution in [1.82, 2.24) is 9.97 Å². The fourth-order valence-electron chi connectivity index (χ4n) is 1.76. The number of halogens is 1. The van der Waals surface area contributed by atoms with Gasteiger partial charge in [-0.2, -0.15) is 0 Å². The third-order valence-electron chi connectivity index (χ3n) is 2.75. The maximum absolute atomic E-state index is 5.82. The lowest BCUT2D eigenvalue weighted by Crippen LogP contribution is -2.20. The van der Waals surface area contributed by atoms with Crippen molar-refractivity contribution in [3.8, 4) is 0 Å². The van der Waals surface area contributed by atoms with Gasteiger partial charge in [-0.1, -0.05) is 0 Å². The van der Waals surface area contributed by atoms with Gasteiger partial charge in [0.25, 0.3) is 0 Å². The summed E-state index contributed by atoms with van der Waals surface area (Å²) in [5.41, 5.74) is 2.90. The number of aryl methyl sites for hydroxylation is 2. The van der Waals surface area contributed by atoms with Crippen LogP contribution in [0.1, 0.15) is 22.7 Å². The van der Waals surface area contributed by atoms with Crippen LogP contribution in [0.4, 0.5) is 5.95 Å². The lowest BCUT2D eigenvalue weighted by atomic mass is 10.2. The zero-order valence-corrected chi connectivity index (χ0v) is 11.5. The second-order valence-electron chi connectivity index (χ2n) is 4.29. The van der Waals surface area contributed by atoms with Gasteiger partial charge in [0, 0.05) is 24.8 Å². The standard InChI is InChI=1S/C13H16ClN3O/c1-9-6-12(7-14)16-13(15-9)17(3)8-11-4-5-18-10(11)2/h4-6H,7-8H2,1-3H3. The van der Waals surface area contributed by atoms with Gasteiger partial charge in [0.2, 0.25) is 5.95 Å². The first-order valence-electron chi connectivity index (χ1n) is 5.75. The summed E-state index contributed by atoms with van der Waals surface area (Å²) in [6.45, 7) is 4.61. The van der Waals surface area contributed by atoms with Crippen molar-refractivity contribution >= 4 is 17.5 Å². The fraction of sp³-hybridized carbons (Fsp3) is 0.385. The van der Waals surface area contributed by atoms with E-state index in [1.165, 1.54) is 0 Å². The maximum Gasteiger partial charge on any atom is 0.225 e. The van der Waals surface area contributed by atoms with Crippen LogP contribution in [0.15, 0.2) is 22.8 Å². The number of nitrogens with zero attached hydrogens (tertiary/aromatic N) is 3. The number of furan rings is 1. The molecule has 0 saturated heterocycles. The molecule has 2 heterocycles. The molecule has 2 aromatic heterocycles. The van der Waals surface area contributed by atoms with Crippen LogP contribution in [-0.2, 0) is 12.4 Å². The van der Waals surface area contributed by atoms with Crippen LogP contribution >= 0.6 is 11.6 Å². The lowest BCUT2D eigenvalue weighted by molar-refractivity contribution is 0.529. The minimum atomic E-state index is 0.398. The predicted molar refractivity (Wildman–Crippen MR) is 71.9 cm³/mol. The SMILES string of the molecule is Cc1cc(CCl)nc(N(C)Cc2ccoc2C)n1. The smallest absolute Gasteiger partial charge is 0.225 e. The Bertz CT molecular complexity index is 539. The first-order valence-corrected chi connectivity index (χ1v) is 6.28. The Kier molecular flexibility index (Phi) is 3.87. The highest BCUT2D eigenvalue weighted by Crippen LogP contribution is 2.16. The molecule has 0 unspecified atom stereocenters. The van der Waals surface area contributed by atoms with Crippen LogP contribution in [-0.4, -0.2) is 17.0 Å². The van der Waals surface area contributed by atoms with Gasteiger partial charge in [-0.15, -0.1) is 11.6 Å². The van der Waals surface area contributed by atoms with Gasteiger partial charge >= 0.3 is 0 Å². The molecule has 0 N–H and O–H groups in total. The van der Waals surface area contributed by atoms with Crippen molar-refractivity contribution in [2.45, 2.75) is 26.3 Å². The average molecular weight is 266 g/mol. The number of alkyl halides is 1. The van der Waals surface area contributed by atoms with E-state index >= 15 is 0 Å². The van der Waals surface area contributed by atoms with Gasteiger partial charge in [-0.3, -0.25) is 0 Å². The molecule has 0 spiro atoms. The van der Waals surface area contributed by atoms with Crippen molar-refractivity contribution in [3.05, 3.63) is 41.1 Å². The van der Waals surface area contributed by atoms with Crippen molar-refractivity contribution in [2.75, 3.05) is 11.9 Å². The molecule has 0 fully saturated rings. The zero-order chi connectivity index (χ0) is 13.1. The van der Waals surface area contributed by atoms with E-state index in [-0.39, 0.29) is 0 Å². The van der Waals surface area contributed by atoms with Crippen molar-refractivity contribution < 1.29 is 4.42 Å². The van der Waals surface area contributed by atoms with Crippen LogP contribution < -0.4 is 4.90 Å². The Balaban J connectivity index is 2.20. The predicted octanol–water partition coefficient (Wildman–Crippen LogP) is 3.06. The minimum Gasteiger partial charge on any atom is -0.469 e. The molecule has 96 valence electrons. The topological polar surface area (TPSA) is 42.2 Å². The molecule has 0 saturated carbocycles. The first kappa shape index (κ1) is 12.9. The normalized spacial score (nSPS) is 10.7. The van der Waals surface area contributed by atoms with Gasteiger partial charge in [-0.05, 0) is 26.0 Å². The Morgan fingerprint density at radius 2 is 2.11 bits per heavy atom. The number of rotatable bonds is 4. The van der Waals surface area contributed by atoms with Crippen LogP contribution in [0.25, 0.3) is 0 Å². The zero-order valence-electron chi connectivity index (χ0n) is 10.8. The Labute approximate surface area is 112 Å². The quantitative estimate of drug-likeness (QED) is 0.797. The summed E-state index contributed by atoms with van der Waals surface area (Å²) in [6, 6.07) is 3.86. The first-order chi connectivity index (χ1) is 8.60. The maximum atomic E-state index is 5.82. The Morgan fingerprint density at radius 1 is 1.33 bits per heavy atom. The van der Waals surface area contributed by atoms with E-state index in [1.54, 1.807) is 6.26 Å². The summed E-state index contributed by atoms with van der Waals surface area (Å²) >= 11 is 5.82. The molecule has 18 heavy (non-hydrogen) atoms. The van der Waals surface area contributed by atoms with E-state index in [2.05, 4.69) is 9.97 Å². The molecule has 5 heteroatoms. The Hall–Kier alpha value is -1.55. The summed E-state index contributed by atoms with van der Waals surface area (Å²) in [6.07, 6.45) is 1.69. The molecule has 0 radical (unpaired) electrons. The van der Waals surface area contributed by atoms with Gasteiger partial charge in [0.1, 0.15) is 5.76 Å². The molecular weight excluding hydrogens is 250 g/mol. The minimum absolute atomic E-state index is 0.398. The molecule has 0 aliphatic heterocycles. The average Bonchev–Trinajstić information content (AvgIpc) is 2.74. The second kappa shape index (κ2) is 5.40. The van der Waals surface area contributed by atoms with Crippen molar-refractivity contribution in [1.29, 1.82) is 0 Å². The third-order valence-corrected chi connectivity index (χ3v) is 3.02. The summed E-state index contributed by atoms with van der Waals surface area (Å²) in [5.74, 6) is 2.01. The van der Waals surface area contributed by atoms with Crippen LogP contribution in [0, 0.1) is 13.8 Å². The third kappa shape index (κ3) is 2.82. The number of hydrogen-bond donors (Lipinski definition) is 0. The van der Waals surface area contributed by atoms with Gasteiger partial charge < -0.3 is 9.32 Å². The number of aromatic nitrogens is 2. The number of anilines is 1. The van der Waals surface area contributed by atoms with Crippen LogP contribution in [0.5, 0.6) is 0 Å². The summed E-state index contributed by atoms with van der Waals surface area (Å²) in [4.78, 5) is 10.8. The monoisotopic (exact) mass is 265 g/mol. The molecule has 0 aromatic carbocycles. The fourth-order valence-corrected chi connectivity index (χ4v) is 1.89. The van der Waals surface area contributed by atoms with E-state index in [4.69, 9.17) is 16.0 Å². The molecule has 4 nitrogen and oxygen atoms in total. The summed E-state index contributed by atoms with van der Waals surface area (Å²) in [5, 5.41) is 0. The van der Waals surface area contributed by atoms with Gasteiger partial charge in [-0.25, -0.2) is 9.97 Å². The molecule has 0 amide bonds. The molecular formula is C13H16ClN3O. The van der Waals surface area contributed by atoms with Crippen molar-refractivity contribution in [3.63, 3.8) is 0 Å². The highest BCUT2D eigenvalue weighted by Gasteiger charge is 2.10. The van der Waals surface area contributed by atoms with E-state index in [9.17, 15) is 0 Å². The molecule has 0 bridgehead atoms. The van der Waals surface area contributed by atoms with Crippen molar-refractivity contribution in [2.24, 2.45) is 0 Å². The van der Waals surface area contributed by atoms with E-state index in [0.29, 0.717) is 18.4 Å². The number of hydrogen-bond acceptors (Lipinski definition) is 4. The second-order valence-corrected chi connectivity index (χ2v) is 4.56. The molecule has 0 aliphatic carbocycles. The highest BCUT2D eigenvalue weighted by atomic mass is 35.5. The van der Waals surface area contributed by atoms with Gasteiger partial charge in [0.15, 0.2) is 0 Å². The molecule has 2 aromatic rings. The highest BCUT2D eigenvalue weighted by molar-refractivity contribution is 6.16. The Morgan fingerprint density at radius 3 is 2.72 bits per heavy atom. The summed E-state index contributed by atoms with van der Waals surface area (Å²) < 4.78 is 5.28. The molecule has 0 aliphatic rings. The van der Waals surface area contributed by atoms with E-state index < -0.39 is 0 Å². The molecule has 0 atom stereocenters. The van der Waals surface area contributed by atoms with Gasteiger partial charge in [0.05, 0.1) is 17.8 Å². The largest absolute Gasteiger partial charge is 0.469 e.